The van der Waals surface area contributed by atoms with Gasteiger partial charge in [0.2, 0.25) is 5.28 Å². The Morgan fingerprint density at radius 3 is 2.89 bits per heavy atom. The third-order valence-corrected chi connectivity index (χ3v) is 3.21. The highest BCUT2D eigenvalue weighted by atomic mass is 35.5. The Hall–Kier alpha value is -2.38. The molecule has 0 spiro atoms. The Labute approximate surface area is 114 Å². The van der Waals surface area contributed by atoms with Crippen LogP contribution < -0.4 is 0 Å². The van der Waals surface area contributed by atoms with Crippen molar-refractivity contribution < 1.29 is 0 Å². The van der Waals surface area contributed by atoms with Crippen molar-refractivity contribution in [2.24, 2.45) is 7.05 Å². The van der Waals surface area contributed by atoms with Crippen molar-refractivity contribution in [3.63, 3.8) is 0 Å². The predicted molar refractivity (Wildman–Crippen MR) is 73.7 cm³/mol. The van der Waals surface area contributed by atoms with Crippen LogP contribution in [0.5, 0.6) is 0 Å². The molecule has 3 rings (SSSR count). The third-order valence-electron chi connectivity index (χ3n) is 3.03. The first-order chi connectivity index (χ1) is 9.20. The number of halogens is 1. The van der Waals surface area contributed by atoms with Gasteiger partial charge in [-0.1, -0.05) is 18.2 Å². The Morgan fingerprint density at radius 2 is 2.11 bits per heavy atom. The van der Waals surface area contributed by atoms with Gasteiger partial charge >= 0.3 is 0 Å². The Kier molecular flexibility index (Phi) is 2.69. The fourth-order valence-corrected chi connectivity index (χ4v) is 2.31. The number of aromatic nitrogens is 3. The van der Waals surface area contributed by atoms with Gasteiger partial charge in [-0.15, -0.1) is 0 Å². The zero-order valence-corrected chi connectivity index (χ0v) is 10.9. The second kappa shape index (κ2) is 4.38. The average Bonchev–Trinajstić information content (AvgIpc) is 2.77. The van der Waals surface area contributed by atoms with Gasteiger partial charge in [0.05, 0.1) is 17.5 Å². The van der Waals surface area contributed by atoms with Crippen molar-refractivity contribution in [2.75, 3.05) is 0 Å². The molecule has 92 valence electrons. The topological polar surface area (TPSA) is 54.5 Å². The van der Waals surface area contributed by atoms with Gasteiger partial charge in [0.1, 0.15) is 6.07 Å². The van der Waals surface area contributed by atoms with Gasteiger partial charge in [-0.25, -0.2) is 9.97 Å². The van der Waals surface area contributed by atoms with E-state index in [0.29, 0.717) is 11.3 Å². The summed E-state index contributed by atoms with van der Waals surface area (Å²) in [5.41, 5.74) is 2.95. The molecule has 5 heteroatoms. The van der Waals surface area contributed by atoms with Crippen LogP contribution in [0, 0.1) is 11.3 Å². The van der Waals surface area contributed by atoms with Crippen LogP contribution in [0.2, 0.25) is 5.28 Å². The molecular formula is C14H9ClN4. The van der Waals surface area contributed by atoms with Gasteiger partial charge in [-0.3, -0.25) is 0 Å². The number of nitriles is 1. The van der Waals surface area contributed by atoms with Crippen molar-refractivity contribution >= 4 is 22.5 Å². The summed E-state index contributed by atoms with van der Waals surface area (Å²) in [6, 6.07) is 10.1. The normalized spacial score (nSPS) is 10.6. The molecule has 0 N–H and O–H groups in total. The summed E-state index contributed by atoms with van der Waals surface area (Å²) in [7, 11) is 1.96. The maximum atomic E-state index is 9.17. The van der Waals surface area contributed by atoms with Crippen molar-refractivity contribution in [3.8, 4) is 17.3 Å². The average molecular weight is 269 g/mol. The lowest BCUT2D eigenvalue weighted by atomic mass is 10.1. The lowest BCUT2D eigenvalue weighted by molar-refractivity contribution is 0.969. The van der Waals surface area contributed by atoms with Crippen LogP contribution in [0.25, 0.3) is 22.2 Å². The first-order valence-electron chi connectivity index (χ1n) is 5.68. The molecule has 0 bridgehead atoms. The number of benzene rings is 1. The van der Waals surface area contributed by atoms with Crippen LogP contribution in [0.15, 0.2) is 36.7 Å². The fourth-order valence-electron chi connectivity index (χ4n) is 2.18. The van der Waals surface area contributed by atoms with E-state index >= 15 is 0 Å². The molecule has 0 aliphatic carbocycles. The number of para-hydroxylation sites is 1. The minimum atomic E-state index is 0.141. The van der Waals surface area contributed by atoms with E-state index in [-0.39, 0.29) is 5.28 Å². The minimum Gasteiger partial charge on any atom is -0.350 e. The van der Waals surface area contributed by atoms with Gasteiger partial charge in [0, 0.05) is 29.7 Å². The summed E-state index contributed by atoms with van der Waals surface area (Å²) < 4.78 is 2.00. The number of hydrogen-bond donors (Lipinski definition) is 0. The summed E-state index contributed by atoms with van der Waals surface area (Å²) in [5, 5.41) is 10.3. The standard InChI is InChI=1S/C14H9ClN4/c1-19-8-11(10-4-2-3-5-12(10)19)13-9(6-16)7-17-14(15)18-13/h2-5,7-8H,1H3. The van der Waals surface area contributed by atoms with E-state index < -0.39 is 0 Å². The molecule has 0 radical (unpaired) electrons. The van der Waals surface area contributed by atoms with E-state index in [1.54, 1.807) is 0 Å². The number of hydrogen-bond acceptors (Lipinski definition) is 3. The van der Waals surface area contributed by atoms with Gasteiger partial charge in [0.25, 0.3) is 0 Å². The molecule has 0 aliphatic rings. The first kappa shape index (κ1) is 11.7. The molecule has 0 amide bonds. The molecule has 0 unspecified atom stereocenters. The zero-order chi connectivity index (χ0) is 13.4. The smallest absolute Gasteiger partial charge is 0.222 e. The van der Waals surface area contributed by atoms with Crippen LogP contribution in [-0.2, 0) is 7.05 Å². The van der Waals surface area contributed by atoms with E-state index in [0.717, 1.165) is 16.5 Å². The Balaban J connectivity index is 2.37. The minimum absolute atomic E-state index is 0.141. The van der Waals surface area contributed by atoms with Crippen LogP contribution in [-0.4, -0.2) is 14.5 Å². The molecule has 2 aromatic heterocycles. The third kappa shape index (κ3) is 1.85. The van der Waals surface area contributed by atoms with Gasteiger partial charge < -0.3 is 4.57 Å². The molecule has 0 saturated carbocycles. The van der Waals surface area contributed by atoms with Gasteiger partial charge in [0.15, 0.2) is 0 Å². The van der Waals surface area contributed by atoms with Gasteiger partial charge in [-0.05, 0) is 17.7 Å². The SMILES string of the molecule is Cn1cc(-c2nc(Cl)ncc2C#N)c2ccccc21. The van der Waals surface area contributed by atoms with Crippen LogP contribution in [0.3, 0.4) is 0 Å². The summed E-state index contributed by atoms with van der Waals surface area (Å²) in [5.74, 6) is 0. The Morgan fingerprint density at radius 1 is 1.32 bits per heavy atom. The number of rotatable bonds is 1. The summed E-state index contributed by atoms with van der Waals surface area (Å²) >= 11 is 5.84. The lowest BCUT2D eigenvalue weighted by Crippen LogP contribution is -1.92. The highest BCUT2D eigenvalue weighted by Crippen LogP contribution is 2.31. The summed E-state index contributed by atoms with van der Waals surface area (Å²) in [4.78, 5) is 8.04. The van der Waals surface area contributed by atoms with E-state index in [9.17, 15) is 0 Å². The lowest BCUT2D eigenvalue weighted by Gasteiger charge is -2.01. The fraction of sp³-hybridized carbons (Fsp3) is 0.0714. The van der Waals surface area contributed by atoms with Crippen molar-refractivity contribution in [2.45, 2.75) is 0 Å². The zero-order valence-electron chi connectivity index (χ0n) is 10.1. The van der Waals surface area contributed by atoms with Crippen molar-refractivity contribution in [3.05, 3.63) is 47.5 Å². The monoisotopic (exact) mass is 268 g/mol. The van der Waals surface area contributed by atoms with Crippen LogP contribution in [0.1, 0.15) is 5.56 Å². The quantitative estimate of drug-likeness (QED) is 0.637. The van der Waals surface area contributed by atoms with Crippen molar-refractivity contribution in [1.29, 1.82) is 5.26 Å². The second-order valence-electron chi connectivity index (χ2n) is 4.18. The second-order valence-corrected chi connectivity index (χ2v) is 4.52. The maximum Gasteiger partial charge on any atom is 0.222 e. The van der Waals surface area contributed by atoms with E-state index in [4.69, 9.17) is 16.9 Å². The van der Waals surface area contributed by atoms with E-state index in [1.165, 1.54) is 6.20 Å². The summed E-state index contributed by atoms with van der Waals surface area (Å²) in [6.07, 6.45) is 3.40. The van der Waals surface area contributed by atoms with Crippen LogP contribution in [0.4, 0.5) is 0 Å². The highest BCUT2D eigenvalue weighted by Gasteiger charge is 2.14. The molecule has 0 atom stereocenters. The maximum absolute atomic E-state index is 9.17. The van der Waals surface area contributed by atoms with Gasteiger partial charge in [-0.2, -0.15) is 5.26 Å². The molecule has 1 aromatic carbocycles. The molecule has 0 saturated heterocycles. The Bertz CT molecular complexity index is 814. The van der Waals surface area contributed by atoms with Crippen LogP contribution >= 0.6 is 11.6 Å². The number of fused-ring (bicyclic) bond motifs is 1. The molecule has 4 nitrogen and oxygen atoms in total. The molecule has 3 aromatic rings. The summed E-state index contributed by atoms with van der Waals surface area (Å²) in [6.45, 7) is 0. The number of aryl methyl sites for hydroxylation is 1. The molecule has 0 fully saturated rings. The molecular weight excluding hydrogens is 260 g/mol. The molecule has 19 heavy (non-hydrogen) atoms. The number of nitrogens with zero attached hydrogens (tertiary/aromatic N) is 4. The first-order valence-corrected chi connectivity index (χ1v) is 6.05. The highest BCUT2D eigenvalue weighted by molar-refractivity contribution is 6.28. The molecule has 0 aliphatic heterocycles. The molecule has 2 heterocycles. The van der Waals surface area contributed by atoms with E-state index in [2.05, 4.69) is 16.0 Å². The predicted octanol–water partition coefficient (Wildman–Crippen LogP) is 3.16. The van der Waals surface area contributed by atoms with Crippen molar-refractivity contribution in [1.82, 2.24) is 14.5 Å². The van der Waals surface area contributed by atoms with E-state index in [1.807, 2.05) is 42.1 Å². The largest absolute Gasteiger partial charge is 0.350 e.